The number of carbonyl (C=O) groups is 3. The second-order valence-electron chi connectivity index (χ2n) is 6.87. The van der Waals surface area contributed by atoms with E-state index in [1.165, 1.54) is 5.56 Å². The van der Waals surface area contributed by atoms with Crippen molar-refractivity contribution in [1.29, 1.82) is 0 Å². The standard InChI is InChI=1S/C21H20N2O4/c1-14-10-11-15-6-2-5-9-18(15)22(14)13-12-19(24)27-23-20(25)16-7-3-4-8-17(16)21(23)26/h2-9,14H,10-13H2,1H3. The number of amides is 2. The highest BCUT2D eigenvalue weighted by molar-refractivity contribution is 6.20. The number of hydroxylamine groups is 2. The normalized spacial score (nSPS) is 18.3. The quantitative estimate of drug-likeness (QED) is 0.781. The van der Waals surface area contributed by atoms with Gasteiger partial charge in [-0.15, -0.1) is 0 Å². The number of aryl methyl sites for hydroxylation is 1. The van der Waals surface area contributed by atoms with Gasteiger partial charge in [0, 0.05) is 18.3 Å². The Morgan fingerprint density at radius 1 is 1.04 bits per heavy atom. The van der Waals surface area contributed by atoms with Crippen LogP contribution in [0.4, 0.5) is 5.69 Å². The van der Waals surface area contributed by atoms with Gasteiger partial charge in [-0.25, -0.2) is 4.79 Å². The molecule has 2 heterocycles. The molecule has 0 fully saturated rings. The number of anilines is 1. The second-order valence-corrected chi connectivity index (χ2v) is 6.87. The van der Waals surface area contributed by atoms with Crippen LogP contribution in [0.25, 0.3) is 0 Å². The Kier molecular flexibility index (Phi) is 4.39. The van der Waals surface area contributed by atoms with Crippen molar-refractivity contribution in [3.8, 4) is 0 Å². The molecule has 27 heavy (non-hydrogen) atoms. The minimum Gasteiger partial charge on any atom is -0.368 e. The molecule has 2 aliphatic heterocycles. The van der Waals surface area contributed by atoms with E-state index < -0.39 is 17.8 Å². The van der Waals surface area contributed by atoms with Crippen LogP contribution in [0, 0.1) is 0 Å². The van der Waals surface area contributed by atoms with Crippen molar-refractivity contribution in [3.05, 3.63) is 65.2 Å². The van der Waals surface area contributed by atoms with Crippen LogP contribution >= 0.6 is 0 Å². The van der Waals surface area contributed by atoms with Crippen LogP contribution in [-0.2, 0) is 16.1 Å². The van der Waals surface area contributed by atoms with E-state index in [0.717, 1.165) is 18.5 Å². The summed E-state index contributed by atoms with van der Waals surface area (Å²) in [6.07, 6.45) is 2.13. The summed E-state index contributed by atoms with van der Waals surface area (Å²) in [6.45, 7) is 2.60. The van der Waals surface area contributed by atoms with Gasteiger partial charge in [0.2, 0.25) is 0 Å². The molecule has 138 valence electrons. The molecule has 0 spiro atoms. The molecule has 0 aromatic heterocycles. The van der Waals surface area contributed by atoms with Crippen molar-refractivity contribution < 1.29 is 19.2 Å². The number of hydrogen-bond acceptors (Lipinski definition) is 5. The molecule has 2 aliphatic rings. The second kappa shape index (κ2) is 6.87. The fourth-order valence-electron chi connectivity index (χ4n) is 3.71. The molecule has 2 aromatic carbocycles. The number of hydrogen-bond donors (Lipinski definition) is 0. The van der Waals surface area contributed by atoms with Gasteiger partial charge in [0.25, 0.3) is 11.8 Å². The number of rotatable bonds is 4. The van der Waals surface area contributed by atoms with Gasteiger partial charge >= 0.3 is 5.97 Å². The Morgan fingerprint density at radius 3 is 2.37 bits per heavy atom. The van der Waals surface area contributed by atoms with Gasteiger partial charge in [-0.2, -0.15) is 0 Å². The first-order valence-electron chi connectivity index (χ1n) is 9.09. The molecule has 1 atom stereocenters. The van der Waals surface area contributed by atoms with E-state index >= 15 is 0 Å². The largest absolute Gasteiger partial charge is 0.368 e. The number of carbonyl (C=O) groups excluding carboxylic acids is 3. The summed E-state index contributed by atoms with van der Waals surface area (Å²) in [5, 5.41) is 0.570. The molecular weight excluding hydrogens is 344 g/mol. The molecule has 4 rings (SSSR count). The van der Waals surface area contributed by atoms with E-state index in [0.29, 0.717) is 17.6 Å². The first-order chi connectivity index (χ1) is 13.1. The fraction of sp³-hybridized carbons (Fsp3) is 0.286. The summed E-state index contributed by atoms with van der Waals surface area (Å²) in [5.74, 6) is -1.79. The van der Waals surface area contributed by atoms with Crippen LogP contribution in [-0.4, -0.2) is 35.4 Å². The van der Waals surface area contributed by atoms with E-state index in [1.807, 2.05) is 12.1 Å². The molecule has 0 bridgehead atoms. The smallest absolute Gasteiger partial charge is 0.335 e. The lowest BCUT2D eigenvalue weighted by atomic mass is 9.96. The molecule has 2 aromatic rings. The van der Waals surface area contributed by atoms with E-state index in [4.69, 9.17) is 4.84 Å². The summed E-state index contributed by atoms with van der Waals surface area (Å²) in [5.41, 5.74) is 2.91. The highest BCUT2D eigenvalue weighted by Gasteiger charge is 2.38. The van der Waals surface area contributed by atoms with Gasteiger partial charge < -0.3 is 9.74 Å². The molecule has 0 saturated carbocycles. The molecule has 0 saturated heterocycles. The number of para-hydroxylation sites is 1. The Morgan fingerprint density at radius 2 is 1.67 bits per heavy atom. The molecule has 6 heteroatoms. The highest BCUT2D eigenvalue weighted by atomic mass is 16.7. The van der Waals surface area contributed by atoms with Gasteiger partial charge in [-0.3, -0.25) is 9.59 Å². The Hall–Kier alpha value is -3.15. The minimum atomic E-state index is -0.597. The average Bonchev–Trinajstić information content (AvgIpc) is 2.92. The van der Waals surface area contributed by atoms with Crippen LogP contribution in [0.3, 0.4) is 0 Å². The van der Waals surface area contributed by atoms with E-state index in [9.17, 15) is 14.4 Å². The highest BCUT2D eigenvalue weighted by Crippen LogP contribution is 2.30. The van der Waals surface area contributed by atoms with Crippen LogP contribution in [0.1, 0.15) is 46.0 Å². The summed E-state index contributed by atoms with van der Waals surface area (Å²) < 4.78 is 0. The summed E-state index contributed by atoms with van der Waals surface area (Å²) in [6, 6.07) is 14.9. The molecule has 2 amide bonds. The zero-order chi connectivity index (χ0) is 19.0. The predicted molar refractivity (Wildman–Crippen MR) is 99.2 cm³/mol. The zero-order valence-electron chi connectivity index (χ0n) is 15.1. The first-order valence-corrected chi connectivity index (χ1v) is 9.09. The van der Waals surface area contributed by atoms with E-state index in [1.54, 1.807) is 24.3 Å². The predicted octanol–water partition coefficient (Wildman–Crippen LogP) is 2.97. The molecule has 0 N–H and O–H groups in total. The zero-order valence-corrected chi connectivity index (χ0v) is 15.1. The minimum absolute atomic E-state index is 0.0894. The van der Waals surface area contributed by atoms with Crippen molar-refractivity contribution >= 4 is 23.5 Å². The van der Waals surface area contributed by atoms with Crippen LogP contribution in [0.15, 0.2) is 48.5 Å². The lowest BCUT2D eigenvalue weighted by molar-refractivity contribution is -0.168. The Bertz CT molecular complexity index is 889. The van der Waals surface area contributed by atoms with Crippen molar-refractivity contribution in [3.63, 3.8) is 0 Å². The monoisotopic (exact) mass is 364 g/mol. The van der Waals surface area contributed by atoms with Gasteiger partial charge in [-0.1, -0.05) is 35.4 Å². The average molecular weight is 364 g/mol. The van der Waals surface area contributed by atoms with Crippen LogP contribution < -0.4 is 4.90 Å². The third-order valence-corrected chi connectivity index (χ3v) is 5.17. The number of benzene rings is 2. The summed E-state index contributed by atoms with van der Waals surface area (Å²) in [7, 11) is 0. The van der Waals surface area contributed by atoms with Crippen molar-refractivity contribution in [2.75, 3.05) is 11.4 Å². The third-order valence-electron chi connectivity index (χ3n) is 5.17. The maximum atomic E-state index is 12.3. The maximum Gasteiger partial charge on any atom is 0.335 e. The fourth-order valence-corrected chi connectivity index (χ4v) is 3.71. The van der Waals surface area contributed by atoms with Crippen molar-refractivity contribution in [2.24, 2.45) is 0 Å². The summed E-state index contributed by atoms with van der Waals surface area (Å²) >= 11 is 0. The number of fused-ring (bicyclic) bond motifs is 2. The van der Waals surface area contributed by atoms with Gasteiger partial charge in [0.15, 0.2) is 0 Å². The number of nitrogens with zero attached hydrogens (tertiary/aromatic N) is 2. The topological polar surface area (TPSA) is 66.9 Å². The van der Waals surface area contributed by atoms with Crippen molar-refractivity contribution in [1.82, 2.24) is 5.06 Å². The summed E-state index contributed by atoms with van der Waals surface area (Å²) in [4.78, 5) is 44.2. The maximum absolute atomic E-state index is 12.3. The lowest BCUT2D eigenvalue weighted by Crippen LogP contribution is -2.40. The number of imide groups is 1. The molecule has 0 radical (unpaired) electrons. The van der Waals surface area contributed by atoms with Gasteiger partial charge in [0.1, 0.15) is 0 Å². The molecule has 0 aliphatic carbocycles. The first kappa shape index (κ1) is 17.3. The SMILES string of the molecule is CC1CCc2ccccc2N1CCC(=O)ON1C(=O)c2ccccc2C1=O. The van der Waals surface area contributed by atoms with Crippen LogP contribution in [0.5, 0.6) is 0 Å². The molecule has 1 unspecified atom stereocenters. The molecule has 6 nitrogen and oxygen atoms in total. The van der Waals surface area contributed by atoms with Crippen molar-refractivity contribution in [2.45, 2.75) is 32.2 Å². The lowest BCUT2D eigenvalue weighted by Gasteiger charge is -2.37. The van der Waals surface area contributed by atoms with Crippen LogP contribution in [0.2, 0.25) is 0 Å². The van der Waals surface area contributed by atoms with Gasteiger partial charge in [-0.05, 0) is 43.5 Å². The Balaban J connectivity index is 1.41. The van der Waals surface area contributed by atoms with Gasteiger partial charge in [0.05, 0.1) is 17.5 Å². The molecular formula is C21H20N2O4. The Labute approximate surface area is 157 Å². The van der Waals surface area contributed by atoms with E-state index in [-0.39, 0.29) is 17.5 Å². The van der Waals surface area contributed by atoms with E-state index in [2.05, 4.69) is 24.0 Å². The third kappa shape index (κ3) is 3.07.